The Morgan fingerprint density at radius 1 is 0.250 bits per heavy atom. The van der Waals surface area contributed by atoms with E-state index in [9.17, 15) is 0 Å². The van der Waals surface area contributed by atoms with Gasteiger partial charge in [0.1, 0.15) is 0 Å². The van der Waals surface area contributed by atoms with Crippen molar-refractivity contribution in [2.45, 2.75) is 0 Å². The molecule has 264 valence electrons. The predicted molar refractivity (Wildman–Crippen MR) is 237 cm³/mol. The van der Waals surface area contributed by atoms with Crippen molar-refractivity contribution in [1.82, 2.24) is 4.57 Å². The van der Waals surface area contributed by atoms with E-state index in [4.69, 9.17) is 0 Å². The van der Waals surface area contributed by atoms with Crippen LogP contribution in [0.25, 0.3) is 72.0 Å². The minimum atomic E-state index is 1.10. The van der Waals surface area contributed by atoms with Gasteiger partial charge in [0.25, 0.3) is 0 Å². The van der Waals surface area contributed by atoms with Crippen LogP contribution in [-0.2, 0) is 0 Å². The Hall–Kier alpha value is -7.42. The molecular formula is C54H38N2. The molecule has 0 atom stereocenters. The first-order valence-corrected chi connectivity index (χ1v) is 19.2. The second-order valence-corrected chi connectivity index (χ2v) is 14.2. The summed E-state index contributed by atoms with van der Waals surface area (Å²) >= 11 is 0. The summed E-state index contributed by atoms with van der Waals surface area (Å²) in [4.78, 5) is 2.36. The largest absolute Gasteiger partial charge is 0.310 e. The zero-order chi connectivity index (χ0) is 37.3. The average Bonchev–Trinajstić information content (AvgIpc) is 3.62. The second-order valence-electron chi connectivity index (χ2n) is 14.2. The summed E-state index contributed by atoms with van der Waals surface area (Å²) in [6, 6.07) is 83.0. The van der Waals surface area contributed by atoms with Crippen molar-refractivity contribution >= 4 is 38.9 Å². The van der Waals surface area contributed by atoms with E-state index in [-0.39, 0.29) is 0 Å². The van der Waals surface area contributed by atoms with Gasteiger partial charge >= 0.3 is 0 Å². The molecule has 0 bridgehead atoms. The van der Waals surface area contributed by atoms with Gasteiger partial charge in [-0.15, -0.1) is 0 Å². The molecule has 0 radical (unpaired) electrons. The fraction of sp³-hybridized carbons (Fsp3) is 0. The van der Waals surface area contributed by atoms with Gasteiger partial charge in [-0.1, -0.05) is 164 Å². The first-order chi connectivity index (χ1) is 27.8. The summed E-state index contributed by atoms with van der Waals surface area (Å²) in [6.07, 6.45) is 0. The van der Waals surface area contributed by atoms with Gasteiger partial charge in [0.2, 0.25) is 0 Å². The molecule has 2 nitrogen and oxygen atoms in total. The molecule has 0 aliphatic carbocycles. The molecule has 0 spiro atoms. The quantitative estimate of drug-likeness (QED) is 0.152. The van der Waals surface area contributed by atoms with Crippen molar-refractivity contribution in [1.29, 1.82) is 0 Å². The van der Waals surface area contributed by atoms with E-state index in [0.29, 0.717) is 0 Å². The van der Waals surface area contributed by atoms with E-state index in [2.05, 4.69) is 240 Å². The van der Waals surface area contributed by atoms with Gasteiger partial charge in [-0.3, -0.25) is 0 Å². The lowest BCUT2D eigenvalue weighted by atomic mass is 9.99. The molecule has 2 heteroatoms. The number of anilines is 3. The Balaban J connectivity index is 1.03. The Morgan fingerprint density at radius 2 is 0.661 bits per heavy atom. The standard InChI is InChI=1S/C54H38N2/c1-4-13-39(14-5-1)41-23-25-43(26-24-41)45-17-12-20-50(37-45)55(48-32-27-42(28-33-48)40-15-6-2-7-16-40)49-34-29-44(30-35-49)46-31-36-54-52(38-46)51-21-10-11-22-53(51)56(54)47-18-8-3-9-19-47/h1-38H. The molecule has 0 amide bonds. The molecule has 0 saturated heterocycles. The van der Waals surface area contributed by atoms with E-state index in [1.165, 1.54) is 72.0 Å². The second kappa shape index (κ2) is 14.4. The molecule has 0 aliphatic rings. The van der Waals surface area contributed by atoms with Crippen LogP contribution in [0.15, 0.2) is 231 Å². The topological polar surface area (TPSA) is 8.17 Å². The number of rotatable bonds is 8. The van der Waals surface area contributed by atoms with Gasteiger partial charge in [-0.05, 0) is 111 Å². The van der Waals surface area contributed by atoms with Crippen molar-refractivity contribution in [2.24, 2.45) is 0 Å². The Bertz CT molecular complexity index is 2910. The highest BCUT2D eigenvalue weighted by molar-refractivity contribution is 6.10. The van der Waals surface area contributed by atoms with E-state index in [0.717, 1.165) is 17.1 Å². The van der Waals surface area contributed by atoms with E-state index < -0.39 is 0 Å². The summed E-state index contributed by atoms with van der Waals surface area (Å²) in [5.74, 6) is 0. The minimum Gasteiger partial charge on any atom is -0.310 e. The first-order valence-electron chi connectivity index (χ1n) is 19.2. The maximum absolute atomic E-state index is 2.37. The summed E-state index contributed by atoms with van der Waals surface area (Å²) in [5, 5.41) is 2.50. The highest BCUT2D eigenvalue weighted by atomic mass is 15.1. The molecule has 56 heavy (non-hydrogen) atoms. The molecular weight excluding hydrogens is 677 g/mol. The summed E-state index contributed by atoms with van der Waals surface area (Å²) in [5.41, 5.74) is 16.5. The number of aromatic nitrogens is 1. The van der Waals surface area contributed by atoms with Gasteiger partial charge in [0.15, 0.2) is 0 Å². The van der Waals surface area contributed by atoms with Gasteiger partial charge in [-0.2, -0.15) is 0 Å². The fourth-order valence-electron chi connectivity index (χ4n) is 8.00. The molecule has 0 N–H and O–H groups in total. The number of hydrogen-bond acceptors (Lipinski definition) is 1. The lowest BCUT2D eigenvalue weighted by Gasteiger charge is -2.26. The molecule has 1 aromatic heterocycles. The number of para-hydroxylation sites is 2. The normalized spacial score (nSPS) is 11.2. The van der Waals surface area contributed by atoms with Crippen LogP contribution in [0.2, 0.25) is 0 Å². The van der Waals surface area contributed by atoms with Gasteiger partial charge < -0.3 is 9.47 Å². The summed E-state index contributed by atoms with van der Waals surface area (Å²) in [7, 11) is 0. The van der Waals surface area contributed by atoms with Crippen molar-refractivity contribution < 1.29 is 0 Å². The van der Waals surface area contributed by atoms with E-state index in [1.54, 1.807) is 0 Å². The van der Waals surface area contributed by atoms with Gasteiger partial charge in [-0.25, -0.2) is 0 Å². The smallest absolute Gasteiger partial charge is 0.0541 e. The van der Waals surface area contributed by atoms with Crippen LogP contribution in [0.4, 0.5) is 17.1 Å². The van der Waals surface area contributed by atoms with Crippen LogP contribution in [0.5, 0.6) is 0 Å². The fourth-order valence-corrected chi connectivity index (χ4v) is 8.00. The monoisotopic (exact) mass is 714 g/mol. The lowest BCUT2D eigenvalue weighted by Crippen LogP contribution is -2.10. The highest BCUT2D eigenvalue weighted by Crippen LogP contribution is 2.40. The molecule has 9 aromatic carbocycles. The predicted octanol–water partition coefficient (Wildman–Crippen LogP) is 14.9. The average molecular weight is 715 g/mol. The Labute approximate surface area is 327 Å². The molecule has 0 unspecified atom stereocenters. The number of benzene rings is 9. The maximum atomic E-state index is 2.37. The molecule has 10 rings (SSSR count). The third-order valence-electron chi connectivity index (χ3n) is 10.8. The third kappa shape index (κ3) is 6.24. The van der Waals surface area contributed by atoms with Crippen LogP contribution in [-0.4, -0.2) is 4.57 Å². The highest BCUT2D eigenvalue weighted by Gasteiger charge is 2.16. The zero-order valence-corrected chi connectivity index (χ0v) is 30.8. The van der Waals surface area contributed by atoms with Gasteiger partial charge in [0.05, 0.1) is 11.0 Å². The minimum absolute atomic E-state index is 1.10. The molecule has 0 fully saturated rings. The third-order valence-corrected chi connectivity index (χ3v) is 10.8. The Morgan fingerprint density at radius 3 is 1.25 bits per heavy atom. The summed E-state index contributed by atoms with van der Waals surface area (Å²) < 4.78 is 2.37. The van der Waals surface area contributed by atoms with E-state index in [1.807, 2.05) is 0 Å². The zero-order valence-electron chi connectivity index (χ0n) is 30.8. The molecule has 0 saturated carbocycles. The van der Waals surface area contributed by atoms with Crippen molar-refractivity contribution in [2.75, 3.05) is 4.90 Å². The van der Waals surface area contributed by atoms with Crippen LogP contribution in [0.1, 0.15) is 0 Å². The van der Waals surface area contributed by atoms with Crippen LogP contribution in [0.3, 0.4) is 0 Å². The van der Waals surface area contributed by atoms with Crippen molar-refractivity contribution in [3.05, 3.63) is 231 Å². The Kier molecular flexibility index (Phi) is 8.55. The van der Waals surface area contributed by atoms with E-state index >= 15 is 0 Å². The lowest BCUT2D eigenvalue weighted by molar-refractivity contribution is 1.18. The number of fused-ring (bicyclic) bond motifs is 3. The molecule has 1 heterocycles. The number of hydrogen-bond donors (Lipinski definition) is 0. The molecule has 10 aromatic rings. The molecule has 0 aliphatic heterocycles. The first kappa shape index (κ1) is 33.2. The van der Waals surface area contributed by atoms with Crippen LogP contribution < -0.4 is 4.90 Å². The SMILES string of the molecule is c1ccc(-c2ccc(-c3cccc(N(c4ccc(-c5ccccc5)cc4)c4ccc(-c5ccc6c(c5)c5ccccc5n6-c5ccccc5)cc4)c3)cc2)cc1. The van der Waals surface area contributed by atoms with Gasteiger partial charge in [0, 0.05) is 33.5 Å². The van der Waals surface area contributed by atoms with Crippen molar-refractivity contribution in [3.63, 3.8) is 0 Å². The van der Waals surface area contributed by atoms with Crippen LogP contribution >= 0.6 is 0 Å². The van der Waals surface area contributed by atoms with Crippen LogP contribution in [0, 0.1) is 0 Å². The van der Waals surface area contributed by atoms with Crippen molar-refractivity contribution in [3.8, 4) is 50.2 Å². The maximum Gasteiger partial charge on any atom is 0.0541 e. The summed E-state index contributed by atoms with van der Waals surface area (Å²) in [6.45, 7) is 0. The number of nitrogens with zero attached hydrogens (tertiary/aromatic N) is 2.